The summed E-state index contributed by atoms with van der Waals surface area (Å²) < 4.78 is 0. The van der Waals surface area contributed by atoms with Crippen LogP contribution in [0.3, 0.4) is 0 Å². The Kier molecular flexibility index (Phi) is 6.59. The number of hydrogen-bond donors (Lipinski definition) is 0. The molecule has 1 aromatic carbocycles. The van der Waals surface area contributed by atoms with E-state index >= 15 is 0 Å². The molecule has 1 fully saturated rings. The van der Waals surface area contributed by atoms with Crippen LogP contribution in [0, 0.1) is 5.92 Å². The fraction of sp³-hybridized carbons (Fsp3) is 0.500. The van der Waals surface area contributed by atoms with Gasteiger partial charge in [0.2, 0.25) is 11.8 Å². The number of piperidine rings is 1. The van der Waals surface area contributed by atoms with E-state index in [0.717, 1.165) is 31.3 Å². The number of likely N-dealkylation sites (tertiary alicyclic amines) is 1. The van der Waals surface area contributed by atoms with Gasteiger partial charge in [-0.05, 0) is 38.2 Å². The molecule has 130 valence electrons. The summed E-state index contributed by atoms with van der Waals surface area (Å²) in [5.41, 5.74) is 2.40. The third-order valence-electron chi connectivity index (χ3n) is 4.62. The predicted octanol–water partition coefficient (Wildman–Crippen LogP) is 2.89. The molecule has 0 radical (unpaired) electrons. The molecule has 0 aliphatic carbocycles. The number of hydrogen-bond acceptors (Lipinski definition) is 2. The van der Waals surface area contributed by atoms with E-state index in [9.17, 15) is 9.59 Å². The fourth-order valence-electron chi connectivity index (χ4n) is 3.07. The zero-order valence-electron chi connectivity index (χ0n) is 15.0. The first kappa shape index (κ1) is 18.2. The van der Waals surface area contributed by atoms with Crippen LogP contribution in [0.25, 0.3) is 0 Å². The van der Waals surface area contributed by atoms with Crippen molar-refractivity contribution in [2.24, 2.45) is 5.92 Å². The SMILES string of the molecule is C/C(=C\C(=O)N1CCC(C(=O)N(C)C)CC1)CCc1ccccc1. The van der Waals surface area contributed by atoms with Crippen molar-refractivity contribution in [3.63, 3.8) is 0 Å². The fourth-order valence-corrected chi connectivity index (χ4v) is 3.07. The molecular weight excluding hydrogens is 300 g/mol. The first-order valence-corrected chi connectivity index (χ1v) is 8.68. The second-order valence-corrected chi connectivity index (χ2v) is 6.81. The minimum atomic E-state index is 0.0622. The molecule has 1 aromatic rings. The van der Waals surface area contributed by atoms with E-state index in [1.165, 1.54) is 5.56 Å². The lowest BCUT2D eigenvalue weighted by Crippen LogP contribution is -2.42. The van der Waals surface area contributed by atoms with Gasteiger partial charge in [0.25, 0.3) is 0 Å². The van der Waals surface area contributed by atoms with E-state index < -0.39 is 0 Å². The zero-order chi connectivity index (χ0) is 17.5. The van der Waals surface area contributed by atoms with Gasteiger partial charge >= 0.3 is 0 Å². The summed E-state index contributed by atoms with van der Waals surface area (Å²) in [6, 6.07) is 10.3. The molecule has 0 aromatic heterocycles. The highest BCUT2D eigenvalue weighted by Gasteiger charge is 2.27. The summed E-state index contributed by atoms with van der Waals surface area (Å²) in [5, 5.41) is 0. The van der Waals surface area contributed by atoms with Crippen molar-refractivity contribution in [3.8, 4) is 0 Å². The van der Waals surface area contributed by atoms with Crippen LogP contribution >= 0.6 is 0 Å². The molecule has 0 N–H and O–H groups in total. The molecule has 1 aliphatic rings. The van der Waals surface area contributed by atoms with Crippen LogP contribution in [0.15, 0.2) is 42.0 Å². The Morgan fingerprint density at radius 3 is 2.38 bits per heavy atom. The number of carbonyl (C=O) groups excluding carboxylic acids is 2. The van der Waals surface area contributed by atoms with Crippen LogP contribution in [0.2, 0.25) is 0 Å². The van der Waals surface area contributed by atoms with E-state index in [0.29, 0.717) is 13.1 Å². The van der Waals surface area contributed by atoms with Crippen molar-refractivity contribution in [1.82, 2.24) is 9.80 Å². The molecule has 4 heteroatoms. The molecule has 0 bridgehead atoms. The molecule has 0 atom stereocenters. The van der Waals surface area contributed by atoms with Gasteiger partial charge < -0.3 is 9.80 Å². The topological polar surface area (TPSA) is 40.6 Å². The number of rotatable bonds is 5. The molecule has 4 nitrogen and oxygen atoms in total. The summed E-state index contributed by atoms with van der Waals surface area (Å²) >= 11 is 0. The lowest BCUT2D eigenvalue weighted by molar-refractivity contribution is -0.137. The molecule has 1 saturated heterocycles. The van der Waals surface area contributed by atoms with Crippen molar-refractivity contribution in [3.05, 3.63) is 47.5 Å². The monoisotopic (exact) mass is 328 g/mol. The largest absolute Gasteiger partial charge is 0.349 e. The highest BCUT2D eigenvalue weighted by atomic mass is 16.2. The quantitative estimate of drug-likeness (QED) is 0.780. The predicted molar refractivity (Wildman–Crippen MR) is 96.5 cm³/mol. The smallest absolute Gasteiger partial charge is 0.246 e. The second kappa shape index (κ2) is 8.67. The summed E-state index contributed by atoms with van der Waals surface area (Å²) in [7, 11) is 3.58. The zero-order valence-corrected chi connectivity index (χ0v) is 15.0. The maximum Gasteiger partial charge on any atom is 0.246 e. The molecule has 2 amide bonds. The molecule has 0 spiro atoms. The van der Waals surface area contributed by atoms with Crippen LogP contribution in [0.4, 0.5) is 0 Å². The van der Waals surface area contributed by atoms with Gasteiger partial charge in [0.1, 0.15) is 0 Å². The maximum absolute atomic E-state index is 12.4. The first-order chi connectivity index (χ1) is 11.5. The average molecular weight is 328 g/mol. The van der Waals surface area contributed by atoms with Crippen LogP contribution < -0.4 is 0 Å². The van der Waals surface area contributed by atoms with Crippen LogP contribution in [-0.2, 0) is 16.0 Å². The Morgan fingerprint density at radius 2 is 1.79 bits per heavy atom. The second-order valence-electron chi connectivity index (χ2n) is 6.81. The minimum Gasteiger partial charge on any atom is -0.349 e. The van der Waals surface area contributed by atoms with Crippen molar-refractivity contribution in [2.45, 2.75) is 32.6 Å². The van der Waals surface area contributed by atoms with E-state index in [4.69, 9.17) is 0 Å². The third-order valence-corrected chi connectivity index (χ3v) is 4.62. The standard InChI is InChI=1S/C20H28N2O2/c1-16(9-10-17-7-5-4-6-8-17)15-19(23)22-13-11-18(12-14-22)20(24)21(2)3/h4-8,15,18H,9-14H2,1-3H3/b16-15+. The third kappa shape index (κ3) is 5.22. The van der Waals surface area contributed by atoms with Crippen molar-refractivity contribution >= 4 is 11.8 Å². The number of nitrogens with zero attached hydrogens (tertiary/aromatic N) is 2. The van der Waals surface area contributed by atoms with Crippen LogP contribution in [0.1, 0.15) is 31.7 Å². The Labute approximate surface area is 145 Å². The maximum atomic E-state index is 12.4. The molecule has 1 heterocycles. The molecular formula is C20H28N2O2. The Morgan fingerprint density at radius 1 is 1.17 bits per heavy atom. The van der Waals surface area contributed by atoms with Gasteiger partial charge in [-0.25, -0.2) is 0 Å². The minimum absolute atomic E-state index is 0.0622. The van der Waals surface area contributed by atoms with Gasteiger partial charge in [0.05, 0.1) is 0 Å². The highest BCUT2D eigenvalue weighted by Crippen LogP contribution is 2.19. The first-order valence-electron chi connectivity index (χ1n) is 8.68. The van der Waals surface area contributed by atoms with Gasteiger partial charge in [-0.2, -0.15) is 0 Å². The van der Waals surface area contributed by atoms with Crippen molar-refractivity contribution in [2.75, 3.05) is 27.2 Å². The van der Waals surface area contributed by atoms with E-state index in [-0.39, 0.29) is 17.7 Å². The summed E-state index contributed by atoms with van der Waals surface area (Å²) in [4.78, 5) is 27.9. The number of aryl methyl sites for hydroxylation is 1. The summed E-state index contributed by atoms with van der Waals surface area (Å²) in [5.74, 6) is 0.320. The molecule has 1 aliphatic heterocycles. The lowest BCUT2D eigenvalue weighted by atomic mass is 9.95. The molecule has 0 unspecified atom stereocenters. The Balaban J connectivity index is 1.81. The van der Waals surface area contributed by atoms with Gasteiger partial charge in [0, 0.05) is 39.2 Å². The van der Waals surface area contributed by atoms with Crippen molar-refractivity contribution < 1.29 is 9.59 Å². The van der Waals surface area contributed by atoms with Crippen LogP contribution in [0.5, 0.6) is 0 Å². The normalized spacial score (nSPS) is 16.1. The van der Waals surface area contributed by atoms with E-state index in [1.807, 2.05) is 30.0 Å². The Hall–Kier alpha value is -2.10. The molecule has 2 rings (SSSR count). The highest BCUT2D eigenvalue weighted by molar-refractivity contribution is 5.88. The van der Waals surface area contributed by atoms with Gasteiger partial charge in [0.15, 0.2) is 0 Å². The van der Waals surface area contributed by atoms with Gasteiger partial charge in [-0.3, -0.25) is 9.59 Å². The van der Waals surface area contributed by atoms with E-state index in [1.54, 1.807) is 25.1 Å². The summed E-state index contributed by atoms with van der Waals surface area (Å²) in [6.07, 6.45) is 5.14. The van der Waals surface area contributed by atoms with E-state index in [2.05, 4.69) is 12.1 Å². The van der Waals surface area contributed by atoms with Crippen molar-refractivity contribution in [1.29, 1.82) is 0 Å². The van der Waals surface area contributed by atoms with Crippen LogP contribution in [-0.4, -0.2) is 48.8 Å². The number of amides is 2. The van der Waals surface area contributed by atoms with Gasteiger partial charge in [-0.15, -0.1) is 0 Å². The summed E-state index contributed by atoms with van der Waals surface area (Å²) in [6.45, 7) is 3.36. The average Bonchev–Trinajstić information content (AvgIpc) is 2.60. The number of carbonyl (C=O) groups is 2. The molecule has 24 heavy (non-hydrogen) atoms. The number of benzene rings is 1. The van der Waals surface area contributed by atoms with Gasteiger partial charge in [-0.1, -0.05) is 35.9 Å². The molecule has 0 saturated carbocycles. The lowest BCUT2D eigenvalue weighted by Gasteiger charge is -2.32. The number of allylic oxidation sites excluding steroid dienone is 1. The Bertz CT molecular complexity index is 585.